The quantitative estimate of drug-likeness (QED) is 0.607. The zero-order valence-electron chi connectivity index (χ0n) is 16.6. The molecule has 0 fully saturated rings. The maximum Gasteiger partial charge on any atom is 0.270 e. The number of anilines is 1. The SMILES string of the molecule is COc1ccc(CNC(=O)c2cc(NCc3cccnc3)nc(C)n2)cc1OC. The molecule has 0 radical (unpaired) electrons. The molecule has 2 heterocycles. The smallest absolute Gasteiger partial charge is 0.270 e. The van der Waals surface area contributed by atoms with E-state index in [9.17, 15) is 4.79 Å². The molecule has 29 heavy (non-hydrogen) atoms. The molecule has 0 aliphatic heterocycles. The van der Waals surface area contributed by atoms with Gasteiger partial charge in [0.25, 0.3) is 5.91 Å². The number of benzene rings is 1. The van der Waals surface area contributed by atoms with Gasteiger partial charge in [0.15, 0.2) is 11.5 Å². The van der Waals surface area contributed by atoms with Crippen molar-refractivity contribution in [3.8, 4) is 11.5 Å². The Bertz CT molecular complexity index is 979. The van der Waals surface area contributed by atoms with Crippen molar-refractivity contribution in [1.29, 1.82) is 0 Å². The van der Waals surface area contributed by atoms with Crippen molar-refractivity contribution in [2.75, 3.05) is 19.5 Å². The minimum Gasteiger partial charge on any atom is -0.493 e. The molecular weight excluding hydrogens is 370 g/mol. The number of amides is 1. The van der Waals surface area contributed by atoms with E-state index in [4.69, 9.17) is 9.47 Å². The molecule has 0 saturated carbocycles. The molecule has 0 aliphatic rings. The molecule has 0 spiro atoms. The predicted octanol–water partition coefficient (Wildman–Crippen LogP) is 2.74. The molecule has 2 aromatic heterocycles. The van der Waals surface area contributed by atoms with Crippen molar-refractivity contribution < 1.29 is 14.3 Å². The third-order valence-electron chi connectivity index (χ3n) is 4.17. The average Bonchev–Trinajstić information content (AvgIpc) is 2.76. The second-order valence-electron chi connectivity index (χ2n) is 6.27. The van der Waals surface area contributed by atoms with Crippen molar-refractivity contribution in [1.82, 2.24) is 20.3 Å². The van der Waals surface area contributed by atoms with Crippen LogP contribution < -0.4 is 20.1 Å². The molecule has 3 rings (SSSR count). The molecule has 0 unspecified atom stereocenters. The van der Waals surface area contributed by atoms with Crippen LogP contribution in [0.15, 0.2) is 48.8 Å². The zero-order chi connectivity index (χ0) is 20.6. The number of carbonyl (C=O) groups is 1. The van der Waals surface area contributed by atoms with Gasteiger partial charge in [-0.2, -0.15) is 0 Å². The number of rotatable bonds is 8. The van der Waals surface area contributed by atoms with E-state index in [2.05, 4.69) is 25.6 Å². The van der Waals surface area contributed by atoms with E-state index in [1.165, 1.54) is 0 Å². The van der Waals surface area contributed by atoms with Crippen LogP contribution in [-0.4, -0.2) is 35.1 Å². The maximum absolute atomic E-state index is 12.6. The molecule has 0 saturated heterocycles. The van der Waals surface area contributed by atoms with Crippen LogP contribution >= 0.6 is 0 Å². The summed E-state index contributed by atoms with van der Waals surface area (Å²) < 4.78 is 10.5. The highest BCUT2D eigenvalue weighted by atomic mass is 16.5. The van der Waals surface area contributed by atoms with Gasteiger partial charge in [0, 0.05) is 31.5 Å². The Morgan fingerprint density at radius 1 is 1.00 bits per heavy atom. The van der Waals surface area contributed by atoms with Gasteiger partial charge in [-0.15, -0.1) is 0 Å². The molecule has 8 heteroatoms. The minimum absolute atomic E-state index is 0.283. The van der Waals surface area contributed by atoms with Crippen LogP contribution in [0.4, 0.5) is 5.82 Å². The predicted molar refractivity (Wildman–Crippen MR) is 109 cm³/mol. The zero-order valence-corrected chi connectivity index (χ0v) is 16.6. The van der Waals surface area contributed by atoms with E-state index >= 15 is 0 Å². The number of nitrogens with one attached hydrogen (secondary N) is 2. The van der Waals surface area contributed by atoms with E-state index in [0.717, 1.165) is 11.1 Å². The van der Waals surface area contributed by atoms with Gasteiger partial charge in [-0.25, -0.2) is 9.97 Å². The highest BCUT2D eigenvalue weighted by Gasteiger charge is 2.11. The van der Waals surface area contributed by atoms with Crippen LogP contribution in [0.25, 0.3) is 0 Å². The van der Waals surface area contributed by atoms with Gasteiger partial charge in [-0.3, -0.25) is 9.78 Å². The minimum atomic E-state index is -0.283. The van der Waals surface area contributed by atoms with Crippen molar-refractivity contribution in [3.63, 3.8) is 0 Å². The summed E-state index contributed by atoms with van der Waals surface area (Å²) >= 11 is 0. The van der Waals surface area contributed by atoms with Gasteiger partial charge in [0.2, 0.25) is 0 Å². The fourth-order valence-corrected chi connectivity index (χ4v) is 2.73. The molecule has 150 valence electrons. The highest BCUT2D eigenvalue weighted by molar-refractivity contribution is 5.92. The van der Waals surface area contributed by atoms with Crippen molar-refractivity contribution in [2.24, 2.45) is 0 Å². The Balaban J connectivity index is 1.65. The van der Waals surface area contributed by atoms with E-state index in [-0.39, 0.29) is 5.91 Å². The lowest BCUT2D eigenvalue weighted by Gasteiger charge is -2.11. The molecular formula is C21H23N5O3. The standard InChI is InChI=1S/C21H23N5O3/c1-14-25-17(10-20(26-14)23-13-16-5-4-8-22-11-16)21(27)24-12-15-6-7-18(28-2)19(9-15)29-3/h4-11H,12-13H2,1-3H3,(H,24,27)(H,23,25,26). The number of aromatic nitrogens is 3. The van der Waals surface area contributed by atoms with Crippen molar-refractivity contribution in [2.45, 2.75) is 20.0 Å². The van der Waals surface area contributed by atoms with Crippen LogP contribution in [-0.2, 0) is 13.1 Å². The fourth-order valence-electron chi connectivity index (χ4n) is 2.73. The lowest BCUT2D eigenvalue weighted by Crippen LogP contribution is -2.24. The highest BCUT2D eigenvalue weighted by Crippen LogP contribution is 2.27. The molecule has 3 aromatic rings. The Morgan fingerprint density at radius 2 is 1.83 bits per heavy atom. The van der Waals surface area contributed by atoms with E-state index < -0.39 is 0 Å². The summed E-state index contributed by atoms with van der Waals surface area (Å²) in [4.78, 5) is 25.2. The number of nitrogens with zero attached hydrogens (tertiary/aromatic N) is 3. The lowest BCUT2D eigenvalue weighted by atomic mass is 10.2. The van der Waals surface area contributed by atoms with Gasteiger partial charge in [-0.1, -0.05) is 12.1 Å². The fraction of sp³-hybridized carbons (Fsp3) is 0.238. The lowest BCUT2D eigenvalue weighted by molar-refractivity contribution is 0.0945. The number of aryl methyl sites for hydroxylation is 1. The van der Waals surface area contributed by atoms with Crippen LogP contribution in [0.1, 0.15) is 27.4 Å². The normalized spacial score (nSPS) is 10.3. The summed E-state index contributed by atoms with van der Waals surface area (Å²) in [5, 5.41) is 6.07. The summed E-state index contributed by atoms with van der Waals surface area (Å²) in [6.45, 7) is 2.64. The molecule has 2 N–H and O–H groups in total. The third-order valence-corrected chi connectivity index (χ3v) is 4.17. The first-order valence-corrected chi connectivity index (χ1v) is 9.06. The maximum atomic E-state index is 12.6. The molecule has 0 aliphatic carbocycles. The number of carbonyl (C=O) groups excluding carboxylic acids is 1. The van der Waals surface area contributed by atoms with Crippen molar-refractivity contribution >= 4 is 11.7 Å². The topological polar surface area (TPSA) is 98.3 Å². The van der Waals surface area contributed by atoms with Gasteiger partial charge < -0.3 is 20.1 Å². The summed E-state index contributed by atoms with van der Waals surface area (Å²) in [6.07, 6.45) is 3.50. The van der Waals surface area contributed by atoms with Crippen LogP contribution in [0.3, 0.4) is 0 Å². The number of methoxy groups -OCH3 is 2. The van der Waals surface area contributed by atoms with Crippen LogP contribution in [0, 0.1) is 6.92 Å². The number of hydrogen-bond acceptors (Lipinski definition) is 7. The Morgan fingerprint density at radius 3 is 2.55 bits per heavy atom. The monoisotopic (exact) mass is 393 g/mol. The van der Waals surface area contributed by atoms with E-state index in [1.807, 2.05) is 24.3 Å². The molecule has 1 aromatic carbocycles. The van der Waals surface area contributed by atoms with Gasteiger partial charge >= 0.3 is 0 Å². The van der Waals surface area contributed by atoms with Gasteiger partial charge in [0.1, 0.15) is 17.3 Å². The van der Waals surface area contributed by atoms with E-state index in [1.54, 1.807) is 45.7 Å². The third kappa shape index (κ3) is 5.41. The Kier molecular flexibility index (Phi) is 6.57. The van der Waals surface area contributed by atoms with Gasteiger partial charge in [0.05, 0.1) is 14.2 Å². The van der Waals surface area contributed by atoms with E-state index in [0.29, 0.717) is 41.9 Å². The summed E-state index contributed by atoms with van der Waals surface area (Å²) in [5.41, 5.74) is 2.20. The number of pyridine rings is 1. The Hall–Kier alpha value is -3.68. The second-order valence-corrected chi connectivity index (χ2v) is 6.27. The first kappa shape index (κ1) is 20.1. The Labute approximate surface area is 169 Å². The summed E-state index contributed by atoms with van der Waals surface area (Å²) in [6, 6.07) is 11.0. The molecule has 0 atom stereocenters. The largest absolute Gasteiger partial charge is 0.493 e. The second kappa shape index (κ2) is 9.50. The molecule has 8 nitrogen and oxygen atoms in total. The summed E-state index contributed by atoms with van der Waals surface area (Å²) in [7, 11) is 3.15. The first-order valence-electron chi connectivity index (χ1n) is 9.06. The van der Waals surface area contributed by atoms with Gasteiger partial charge in [-0.05, 0) is 36.2 Å². The van der Waals surface area contributed by atoms with Crippen LogP contribution in [0.2, 0.25) is 0 Å². The first-order chi connectivity index (χ1) is 14.1. The number of hydrogen-bond donors (Lipinski definition) is 2. The van der Waals surface area contributed by atoms with Crippen LogP contribution in [0.5, 0.6) is 11.5 Å². The average molecular weight is 393 g/mol. The molecule has 0 bridgehead atoms. The molecule has 1 amide bonds. The van der Waals surface area contributed by atoms with Crippen molar-refractivity contribution in [3.05, 3.63) is 71.4 Å². The number of ether oxygens (including phenoxy) is 2. The summed E-state index contributed by atoms with van der Waals surface area (Å²) in [5.74, 6) is 2.06.